The Balaban J connectivity index is 2.15. The van der Waals surface area contributed by atoms with Crippen LogP contribution >= 0.6 is 11.6 Å². The highest BCUT2D eigenvalue weighted by atomic mass is 35.5. The van der Waals surface area contributed by atoms with Crippen molar-refractivity contribution in [3.05, 3.63) is 64.2 Å². The van der Waals surface area contributed by atoms with Crippen LogP contribution in [0.1, 0.15) is 24.2 Å². The summed E-state index contributed by atoms with van der Waals surface area (Å²) in [7, 11) is 0. The van der Waals surface area contributed by atoms with E-state index in [4.69, 9.17) is 16.3 Å². The van der Waals surface area contributed by atoms with Gasteiger partial charge >= 0.3 is 0 Å². The van der Waals surface area contributed by atoms with Gasteiger partial charge in [0.15, 0.2) is 0 Å². The molecule has 0 unspecified atom stereocenters. The Hall–Kier alpha value is -1.65. The fraction of sp³-hybridized carbons (Fsp3) is 0.200. The van der Waals surface area contributed by atoms with Gasteiger partial charge in [-0.05, 0) is 36.8 Å². The number of benzene rings is 2. The molecular formula is C15H13ClF2O2. The zero-order valence-electron chi connectivity index (χ0n) is 10.7. The maximum Gasteiger partial charge on any atom is 0.138 e. The van der Waals surface area contributed by atoms with E-state index in [1.807, 2.05) is 0 Å². The van der Waals surface area contributed by atoms with E-state index in [2.05, 4.69) is 0 Å². The molecule has 1 atom stereocenters. The van der Waals surface area contributed by atoms with Crippen LogP contribution in [0.3, 0.4) is 0 Å². The highest BCUT2D eigenvalue weighted by molar-refractivity contribution is 6.32. The fourth-order valence-corrected chi connectivity index (χ4v) is 1.96. The molecule has 106 valence electrons. The number of aliphatic hydroxyl groups is 1. The van der Waals surface area contributed by atoms with Crippen LogP contribution in [0.25, 0.3) is 0 Å². The number of ether oxygens (including phenoxy) is 1. The number of hydrogen-bond donors (Lipinski definition) is 1. The predicted molar refractivity (Wildman–Crippen MR) is 72.8 cm³/mol. The Morgan fingerprint density at radius 3 is 2.40 bits per heavy atom. The van der Waals surface area contributed by atoms with Crippen molar-refractivity contribution < 1.29 is 18.6 Å². The first-order valence-corrected chi connectivity index (χ1v) is 6.40. The summed E-state index contributed by atoms with van der Waals surface area (Å²) >= 11 is 6.00. The number of hydrogen-bond acceptors (Lipinski definition) is 2. The van der Waals surface area contributed by atoms with Gasteiger partial charge in [0.25, 0.3) is 0 Å². The summed E-state index contributed by atoms with van der Waals surface area (Å²) < 4.78 is 32.2. The molecular weight excluding hydrogens is 286 g/mol. The average Bonchev–Trinajstić information content (AvgIpc) is 2.39. The molecule has 0 saturated heterocycles. The summed E-state index contributed by atoms with van der Waals surface area (Å²) in [5.41, 5.74) is 0.489. The third-order valence-electron chi connectivity index (χ3n) is 2.87. The molecule has 0 aromatic heterocycles. The SMILES string of the molecule is C[C@@H](O)c1ccc(OCc2c(F)cccc2F)c(Cl)c1. The molecule has 0 fully saturated rings. The normalized spacial score (nSPS) is 12.2. The van der Waals surface area contributed by atoms with Crippen molar-refractivity contribution in [3.63, 3.8) is 0 Å². The summed E-state index contributed by atoms with van der Waals surface area (Å²) in [6.07, 6.45) is -0.648. The number of halogens is 3. The van der Waals surface area contributed by atoms with Crippen LogP contribution in [0.2, 0.25) is 5.02 Å². The summed E-state index contributed by atoms with van der Waals surface area (Å²) in [5.74, 6) is -1.03. The first kappa shape index (κ1) is 14.8. The van der Waals surface area contributed by atoms with Crippen molar-refractivity contribution >= 4 is 11.6 Å². The van der Waals surface area contributed by atoms with Crippen molar-refractivity contribution in [2.24, 2.45) is 0 Å². The summed E-state index contributed by atoms with van der Waals surface area (Å²) in [6, 6.07) is 8.38. The molecule has 5 heteroatoms. The Bertz CT molecular complexity index is 595. The fourth-order valence-electron chi connectivity index (χ4n) is 1.71. The molecule has 0 radical (unpaired) electrons. The van der Waals surface area contributed by atoms with Crippen molar-refractivity contribution in [1.82, 2.24) is 0 Å². The standard InChI is InChI=1S/C15H13ClF2O2/c1-9(19)10-5-6-15(12(16)7-10)20-8-11-13(17)3-2-4-14(11)18/h2-7,9,19H,8H2,1H3/t9-/m1/s1. The molecule has 0 bridgehead atoms. The molecule has 2 rings (SSSR count). The molecule has 2 aromatic carbocycles. The van der Waals surface area contributed by atoms with Gasteiger partial charge in [0.05, 0.1) is 16.7 Å². The maximum atomic E-state index is 13.4. The average molecular weight is 299 g/mol. The highest BCUT2D eigenvalue weighted by Gasteiger charge is 2.11. The third kappa shape index (κ3) is 3.26. The first-order valence-electron chi connectivity index (χ1n) is 6.02. The molecule has 0 amide bonds. The van der Waals surface area contributed by atoms with E-state index >= 15 is 0 Å². The van der Waals surface area contributed by atoms with E-state index in [9.17, 15) is 13.9 Å². The lowest BCUT2D eigenvalue weighted by atomic mass is 10.1. The predicted octanol–water partition coefficient (Wildman–Crippen LogP) is 4.25. The second-order valence-corrected chi connectivity index (χ2v) is 4.76. The second-order valence-electron chi connectivity index (χ2n) is 4.35. The lowest BCUT2D eigenvalue weighted by molar-refractivity contribution is 0.199. The van der Waals surface area contributed by atoms with E-state index < -0.39 is 17.7 Å². The van der Waals surface area contributed by atoms with E-state index in [1.165, 1.54) is 18.2 Å². The van der Waals surface area contributed by atoms with Crippen molar-refractivity contribution in [2.75, 3.05) is 0 Å². The minimum absolute atomic E-state index is 0.150. The zero-order valence-corrected chi connectivity index (χ0v) is 11.5. The topological polar surface area (TPSA) is 29.5 Å². The molecule has 0 aliphatic heterocycles. The minimum atomic E-state index is -0.665. The van der Waals surface area contributed by atoms with Gasteiger partial charge in [-0.1, -0.05) is 23.7 Å². The van der Waals surface area contributed by atoms with Crippen LogP contribution in [0.4, 0.5) is 8.78 Å². The molecule has 20 heavy (non-hydrogen) atoms. The first-order chi connectivity index (χ1) is 9.49. The van der Waals surface area contributed by atoms with E-state index in [0.717, 1.165) is 0 Å². The van der Waals surface area contributed by atoms with Crippen LogP contribution in [-0.2, 0) is 6.61 Å². The molecule has 0 saturated carbocycles. The molecule has 0 aliphatic carbocycles. The van der Waals surface area contributed by atoms with Gasteiger partial charge in [-0.25, -0.2) is 8.78 Å². The molecule has 2 nitrogen and oxygen atoms in total. The molecule has 0 spiro atoms. The minimum Gasteiger partial charge on any atom is -0.487 e. The summed E-state index contributed by atoms with van der Waals surface area (Å²) in [6.45, 7) is 1.35. The quantitative estimate of drug-likeness (QED) is 0.914. The largest absolute Gasteiger partial charge is 0.487 e. The van der Waals surface area contributed by atoms with Gasteiger partial charge in [0.2, 0.25) is 0 Å². The van der Waals surface area contributed by atoms with Gasteiger partial charge in [0.1, 0.15) is 24.0 Å². The molecule has 0 aliphatic rings. The van der Waals surface area contributed by atoms with E-state index in [-0.39, 0.29) is 17.2 Å². The van der Waals surface area contributed by atoms with Crippen molar-refractivity contribution in [3.8, 4) is 5.75 Å². The van der Waals surface area contributed by atoms with E-state index in [0.29, 0.717) is 11.3 Å². The molecule has 0 heterocycles. The smallest absolute Gasteiger partial charge is 0.138 e. The zero-order chi connectivity index (χ0) is 14.7. The Morgan fingerprint density at radius 2 is 1.85 bits per heavy atom. The van der Waals surface area contributed by atoms with Gasteiger partial charge in [-0.3, -0.25) is 0 Å². The van der Waals surface area contributed by atoms with Crippen LogP contribution < -0.4 is 4.74 Å². The summed E-state index contributed by atoms with van der Waals surface area (Å²) in [5, 5.41) is 9.70. The summed E-state index contributed by atoms with van der Waals surface area (Å²) in [4.78, 5) is 0. The van der Waals surface area contributed by atoms with Crippen molar-refractivity contribution in [2.45, 2.75) is 19.6 Å². The van der Waals surface area contributed by atoms with Crippen LogP contribution in [0.15, 0.2) is 36.4 Å². The van der Waals surface area contributed by atoms with E-state index in [1.54, 1.807) is 25.1 Å². The third-order valence-corrected chi connectivity index (χ3v) is 3.17. The highest BCUT2D eigenvalue weighted by Crippen LogP contribution is 2.29. The lowest BCUT2D eigenvalue weighted by Crippen LogP contribution is -2.02. The Labute approximate surface area is 120 Å². The Kier molecular flexibility index (Phi) is 4.57. The van der Waals surface area contributed by atoms with Crippen LogP contribution in [0.5, 0.6) is 5.75 Å². The second kappa shape index (κ2) is 6.20. The maximum absolute atomic E-state index is 13.4. The van der Waals surface area contributed by atoms with Gasteiger partial charge in [-0.15, -0.1) is 0 Å². The number of aliphatic hydroxyl groups excluding tert-OH is 1. The van der Waals surface area contributed by atoms with Gasteiger partial charge in [-0.2, -0.15) is 0 Å². The van der Waals surface area contributed by atoms with Crippen LogP contribution in [0, 0.1) is 11.6 Å². The lowest BCUT2D eigenvalue weighted by Gasteiger charge is -2.11. The Morgan fingerprint density at radius 1 is 1.20 bits per heavy atom. The van der Waals surface area contributed by atoms with Crippen molar-refractivity contribution in [1.29, 1.82) is 0 Å². The molecule has 1 N–H and O–H groups in total. The number of rotatable bonds is 4. The van der Waals surface area contributed by atoms with Gasteiger partial charge in [0, 0.05) is 0 Å². The molecule has 2 aromatic rings. The monoisotopic (exact) mass is 298 g/mol. The van der Waals surface area contributed by atoms with Crippen LogP contribution in [-0.4, -0.2) is 5.11 Å². The van der Waals surface area contributed by atoms with Gasteiger partial charge < -0.3 is 9.84 Å².